The van der Waals surface area contributed by atoms with E-state index in [0.29, 0.717) is 12.2 Å². The molecule has 0 aromatic heterocycles. The first-order chi connectivity index (χ1) is 5.93. The van der Waals surface area contributed by atoms with Crippen molar-refractivity contribution in [3.8, 4) is 0 Å². The van der Waals surface area contributed by atoms with Crippen molar-refractivity contribution in [2.24, 2.45) is 0 Å². The van der Waals surface area contributed by atoms with Crippen molar-refractivity contribution in [2.45, 2.75) is 31.6 Å². The molecule has 0 radical (unpaired) electrons. The first kappa shape index (κ1) is 11.0. The molecule has 1 aliphatic heterocycles. The summed E-state index contributed by atoms with van der Waals surface area (Å²) in [5.41, 5.74) is 0. The molecule has 1 aliphatic rings. The van der Waals surface area contributed by atoms with E-state index in [1.54, 1.807) is 6.92 Å². The molecule has 1 rings (SSSR count). The molecule has 0 aromatic carbocycles. The third-order valence-electron chi connectivity index (χ3n) is 2.06. The maximum absolute atomic E-state index is 12.2. The van der Waals surface area contributed by atoms with Crippen LogP contribution in [0.25, 0.3) is 0 Å². The molecule has 1 N–H and O–H groups in total. The molecule has 3 atom stereocenters. The second-order valence-corrected chi connectivity index (χ2v) is 4.69. The molecule has 0 bridgehead atoms. The lowest BCUT2D eigenvalue weighted by Gasteiger charge is -2.31. The summed E-state index contributed by atoms with van der Waals surface area (Å²) in [6.07, 6.45) is -3.69. The average molecular weight is 215 g/mol. The molecule has 0 aliphatic carbocycles. The zero-order valence-corrected chi connectivity index (χ0v) is 8.04. The van der Waals surface area contributed by atoms with E-state index < -0.39 is 23.0 Å². The van der Waals surface area contributed by atoms with E-state index in [2.05, 4.69) is 5.32 Å². The van der Waals surface area contributed by atoms with Crippen molar-refractivity contribution in [3.63, 3.8) is 0 Å². The minimum absolute atomic E-state index is 0.263. The maximum atomic E-state index is 12.2. The summed E-state index contributed by atoms with van der Waals surface area (Å²) in [7, 11) is -1.33. The number of halogens is 3. The van der Waals surface area contributed by atoms with Crippen molar-refractivity contribution in [3.05, 3.63) is 0 Å². The molecule has 0 saturated carbocycles. The van der Waals surface area contributed by atoms with E-state index in [0.717, 1.165) is 0 Å². The molecule has 1 saturated heterocycles. The van der Waals surface area contributed by atoms with Crippen LogP contribution in [-0.2, 0) is 10.8 Å². The van der Waals surface area contributed by atoms with Crippen LogP contribution < -0.4 is 5.32 Å². The lowest BCUT2D eigenvalue weighted by atomic mass is 10.2. The zero-order chi connectivity index (χ0) is 10.1. The Balaban J connectivity index is 2.62. The van der Waals surface area contributed by atoms with Gasteiger partial charge in [0.05, 0.1) is 0 Å². The monoisotopic (exact) mass is 215 g/mol. The molecular formula is C7H12F3NOS. The van der Waals surface area contributed by atoms with Gasteiger partial charge in [-0.25, -0.2) is 0 Å². The van der Waals surface area contributed by atoms with Crippen LogP contribution >= 0.6 is 0 Å². The Hall–Kier alpha value is -0.100. The second-order valence-electron chi connectivity index (χ2n) is 3.14. The highest BCUT2D eigenvalue weighted by atomic mass is 32.2. The third-order valence-corrected chi connectivity index (χ3v) is 3.54. The van der Waals surface area contributed by atoms with Gasteiger partial charge in [-0.3, -0.25) is 4.21 Å². The Morgan fingerprint density at radius 1 is 1.46 bits per heavy atom. The van der Waals surface area contributed by atoms with Gasteiger partial charge in [-0.2, -0.15) is 13.2 Å². The zero-order valence-electron chi connectivity index (χ0n) is 7.23. The van der Waals surface area contributed by atoms with Gasteiger partial charge < -0.3 is 5.32 Å². The minimum Gasteiger partial charge on any atom is -0.302 e. The van der Waals surface area contributed by atoms with Crippen LogP contribution in [0, 0.1) is 0 Å². The van der Waals surface area contributed by atoms with Gasteiger partial charge in [-0.05, 0) is 6.42 Å². The van der Waals surface area contributed by atoms with Gasteiger partial charge in [-0.1, -0.05) is 6.92 Å². The van der Waals surface area contributed by atoms with E-state index in [9.17, 15) is 17.4 Å². The quantitative estimate of drug-likeness (QED) is 0.708. The van der Waals surface area contributed by atoms with E-state index in [-0.39, 0.29) is 11.8 Å². The maximum Gasteiger partial charge on any atom is 0.404 e. The van der Waals surface area contributed by atoms with Crippen molar-refractivity contribution in [1.29, 1.82) is 0 Å². The van der Waals surface area contributed by atoms with Crippen LogP contribution in [0.15, 0.2) is 0 Å². The lowest BCUT2D eigenvalue weighted by molar-refractivity contribution is -0.152. The van der Waals surface area contributed by atoms with Crippen molar-refractivity contribution in [1.82, 2.24) is 5.32 Å². The Labute approximate surface area is 77.3 Å². The summed E-state index contributed by atoms with van der Waals surface area (Å²) in [6, 6.07) is -1.85. The SMILES string of the molecule is CCC1CS(=O)CC(C(F)(F)F)N1. The molecule has 1 fully saturated rings. The first-order valence-electron chi connectivity index (χ1n) is 4.11. The van der Waals surface area contributed by atoms with Gasteiger partial charge in [0.1, 0.15) is 6.04 Å². The Bertz CT molecular complexity index is 206. The molecule has 2 nitrogen and oxygen atoms in total. The van der Waals surface area contributed by atoms with Crippen LogP contribution in [0.2, 0.25) is 0 Å². The summed E-state index contributed by atoms with van der Waals surface area (Å²) in [6.45, 7) is 1.79. The van der Waals surface area contributed by atoms with Crippen LogP contribution in [0.3, 0.4) is 0 Å². The van der Waals surface area contributed by atoms with Gasteiger partial charge in [0, 0.05) is 28.3 Å². The molecule has 1 heterocycles. The summed E-state index contributed by atoms with van der Waals surface area (Å²) >= 11 is 0. The average Bonchev–Trinajstić information content (AvgIpc) is 2.01. The molecule has 0 spiro atoms. The molecule has 6 heteroatoms. The normalized spacial score (nSPS) is 36.2. The number of nitrogens with one attached hydrogen (secondary N) is 1. The second kappa shape index (κ2) is 3.96. The summed E-state index contributed by atoms with van der Waals surface area (Å²) in [5, 5.41) is 2.46. The van der Waals surface area contributed by atoms with Crippen LogP contribution in [-0.4, -0.2) is 34.0 Å². The van der Waals surface area contributed by atoms with E-state index in [1.807, 2.05) is 0 Å². The topological polar surface area (TPSA) is 29.1 Å². The number of rotatable bonds is 1. The Morgan fingerprint density at radius 2 is 2.08 bits per heavy atom. The predicted molar refractivity (Wildman–Crippen MR) is 44.9 cm³/mol. The molecule has 0 aromatic rings. The highest BCUT2D eigenvalue weighted by molar-refractivity contribution is 7.85. The van der Waals surface area contributed by atoms with E-state index >= 15 is 0 Å². The lowest BCUT2D eigenvalue weighted by Crippen LogP contribution is -2.56. The predicted octanol–water partition coefficient (Wildman–Crippen LogP) is 1.05. The minimum atomic E-state index is -4.27. The van der Waals surface area contributed by atoms with Crippen molar-refractivity contribution in [2.75, 3.05) is 11.5 Å². The standard InChI is InChI=1S/C7H12F3NOS/c1-2-5-3-13(12)4-6(11-5)7(8,9)10/h5-6,11H,2-4H2,1H3. The van der Waals surface area contributed by atoms with Crippen molar-refractivity contribution < 1.29 is 17.4 Å². The molecule has 3 unspecified atom stereocenters. The molecule has 13 heavy (non-hydrogen) atoms. The van der Waals surface area contributed by atoms with Crippen LogP contribution in [0.5, 0.6) is 0 Å². The smallest absolute Gasteiger partial charge is 0.302 e. The summed E-state index contributed by atoms with van der Waals surface area (Å²) in [5.74, 6) is 0.0308. The summed E-state index contributed by atoms with van der Waals surface area (Å²) < 4.78 is 47.7. The van der Waals surface area contributed by atoms with Crippen LogP contribution in [0.4, 0.5) is 13.2 Å². The Morgan fingerprint density at radius 3 is 2.54 bits per heavy atom. The molecule has 78 valence electrons. The molecule has 0 amide bonds. The van der Waals surface area contributed by atoms with E-state index in [4.69, 9.17) is 0 Å². The van der Waals surface area contributed by atoms with Gasteiger partial charge in [0.15, 0.2) is 0 Å². The fourth-order valence-electron chi connectivity index (χ4n) is 1.28. The highest BCUT2D eigenvalue weighted by Gasteiger charge is 2.43. The largest absolute Gasteiger partial charge is 0.404 e. The van der Waals surface area contributed by atoms with Gasteiger partial charge in [0.2, 0.25) is 0 Å². The number of alkyl halides is 3. The molecular weight excluding hydrogens is 203 g/mol. The fourth-order valence-corrected chi connectivity index (χ4v) is 2.86. The fraction of sp³-hybridized carbons (Fsp3) is 1.00. The van der Waals surface area contributed by atoms with Gasteiger partial charge >= 0.3 is 6.18 Å². The first-order valence-corrected chi connectivity index (χ1v) is 5.60. The highest BCUT2D eigenvalue weighted by Crippen LogP contribution is 2.24. The number of hydrogen-bond acceptors (Lipinski definition) is 2. The number of hydrogen-bond donors (Lipinski definition) is 1. The van der Waals surface area contributed by atoms with Crippen molar-refractivity contribution >= 4 is 10.8 Å². The van der Waals surface area contributed by atoms with Gasteiger partial charge in [0.25, 0.3) is 0 Å². The van der Waals surface area contributed by atoms with Crippen LogP contribution in [0.1, 0.15) is 13.3 Å². The Kier molecular flexibility index (Phi) is 3.34. The third kappa shape index (κ3) is 2.95. The van der Waals surface area contributed by atoms with E-state index in [1.165, 1.54) is 0 Å². The summed E-state index contributed by atoms with van der Waals surface area (Å²) in [4.78, 5) is 0. The van der Waals surface area contributed by atoms with Gasteiger partial charge in [-0.15, -0.1) is 0 Å².